The minimum Gasteiger partial charge on any atom is -0.488 e. The number of hydrogen-bond donors (Lipinski definition) is 1. The summed E-state index contributed by atoms with van der Waals surface area (Å²) in [7, 11) is 0. The number of amides is 3. The van der Waals surface area contributed by atoms with Crippen molar-refractivity contribution < 1.29 is 14.3 Å². The van der Waals surface area contributed by atoms with E-state index in [2.05, 4.69) is 33.4 Å². The quantitative estimate of drug-likeness (QED) is 0.461. The Kier molecular flexibility index (Phi) is 6.23. The molecule has 3 amide bonds. The second-order valence-electron chi connectivity index (χ2n) is 7.91. The Morgan fingerprint density at radius 3 is 2.57 bits per heavy atom. The van der Waals surface area contributed by atoms with Crippen LogP contribution in [0.4, 0.5) is 4.79 Å². The molecular formula is C24H25BrN2O3. The number of nitrogens with zero attached hydrogens (tertiary/aromatic N) is 1. The van der Waals surface area contributed by atoms with Gasteiger partial charge < -0.3 is 10.1 Å². The Labute approximate surface area is 185 Å². The van der Waals surface area contributed by atoms with Gasteiger partial charge in [-0.25, -0.2) is 4.79 Å². The highest BCUT2D eigenvalue weighted by Gasteiger charge is 2.39. The molecule has 0 aromatic heterocycles. The largest absolute Gasteiger partial charge is 0.488 e. The number of nitrogens with one attached hydrogen (secondary N) is 1. The summed E-state index contributed by atoms with van der Waals surface area (Å²) in [6.07, 6.45) is 6.76. The van der Waals surface area contributed by atoms with Crippen molar-refractivity contribution in [3.8, 4) is 5.75 Å². The molecule has 1 aliphatic carbocycles. The van der Waals surface area contributed by atoms with E-state index in [0.29, 0.717) is 18.1 Å². The van der Waals surface area contributed by atoms with Crippen LogP contribution in [0.1, 0.15) is 48.8 Å². The first-order valence-electron chi connectivity index (χ1n) is 10.4. The summed E-state index contributed by atoms with van der Waals surface area (Å²) in [5.41, 5.74) is 3.30. The minimum absolute atomic E-state index is 0.00285. The topological polar surface area (TPSA) is 58.6 Å². The average Bonchev–Trinajstić information content (AvgIpc) is 3.02. The van der Waals surface area contributed by atoms with Gasteiger partial charge in [0.2, 0.25) is 0 Å². The SMILES string of the molecule is Cc1ccc(COc2ccc(Br)cc2/C=C2\NC(=O)N(C3CCCCC3)C2=O)cc1. The zero-order valence-electron chi connectivity index (χ0n) is 17.0. The van der Waals surface area contributed by atoms with Crippen LogP contribution in [0.15, 0.2) is 52.6 Å². The van der Waals surface area contributed by atoms with Crippen LogP contribution in [0.3, 0.4) is 0 Å². The highest BCUT2D eigenvalue weighted by atomic mass is 79.9. The van der Waals surface area contributed by atoms with Crippen LogP contribution >= 0.6 is 15.9 Å². The van der Waals surface area contributed by atoms with Crippen LogP contribution in [0, 0.1) is 6.92 Å². The maximum atomic E-state index is 12.9. The summed E-state index contributed by atoms with van der Waals surface area (Å²) < 4.78 is 6.90. The molecular weight excluding hydrogens is 444 g/mol. The zero-order chi connectivity index (χ0) is 21.1. The van der Waals surface area contributed by atoms with E-state index in [1.54, 1.807) is 6.08 Å². The molecule has 2 aromatic carbocycles. The highest BCUT2D eigenvalue weighted by molar-refractivity contribution is 9.10. The molecule has 30 heavy (non-hydrogen) atoms. The van der Waals surface area contributed by atoms with Gasteiger partial charge in [0.25, 0.3) is 5.91 Å². The summed E-state index contributed by atoms with van der Waals surface area (Å²) in [5.74, 6) is 0.404. The van der Waals surface area contributed by atoms with Crippen molar-refractivity contribution in [1.29, 1.82) is 0 Å². The third-order valence-corrected chi connectivity index (χ3v) is 6.13. The van der Waals surface area contributed by atoms with E-state index in [-0.39, 0.29) is 18.0 Å². The van der Waals surface area contributed by atoms with Crippen molar-refractivity contribution in [3.05, 3.63) is 69.3 Å². The van der Waals surface area contributed by atoms with Gasteiger partial charge in [-0.05, 0) is 49.6 Å². The number of carbonyl (C=O) groups excluding carboxylic acids is 2. The van der Waals surface area contributed by atoms with E-state index in [1.807, 2.05) is 37.3 Å². The van der Waals surface area contributed by atoms with E-state index >= 15 is 0 Å². The molecule has 5 nitrogen and oxygen atoms in total. The number of rotatable bonds is 5. The van der Waals surface area contributed by atoms with Crippen molar-refractivity contribution in [2.45, 2.75) is 51.7 Å². The van der Waals surface area contributed by atoms with Crippen LogP contribution in [0.5, 0.6) is 5.75 Å². The summed E-state index contributed by atoms with van der Waals surface area (Å²) in [6.45, 7) is 2.47. The van der Waals surface area contributed by atoms with Gasteiger partial charge in [-0.1, -0.05) is 65.0 Å². The molecule has 4 rings (SSSR count). The number of ether oxygens (including phenoxy) is 1. The summed E-state index contributed by atoms with van der Waals surface area (Å²) in [6, 6.07) is 13.5. The molecule has 2 aromatic rings. The van der Waals surface area contributed by atoms with E-state index in [4.69, 9.17) is 4.74 Å². The molecule has 2 aliphatic rings. The number of carbonyl (C=O) groups is 2. The fourth-order valence-electron chi connectivity index (χ4n) is 3.98. The van der Waals surface area contributed by atoms with E-state index in [1.165, 1.54) is 16.9 Å². The predicted molar refractivity (Wildman–Crippen MR) is 120 cm³/mol. The van der Waals surface area contributed by atoms with Crippen LogP contribution in [0.2, 0.25) is 0 Å². The molecule has 156 valence electrons. The van der Waals surface area contributed by atoms with Crippen molar-refractivity contribution >= 4 is 33.9 Å². The monoisotopic (exact) mass is 468 g/mol. The fraction of sp³-hybridized carbons (Fsp3) is 0.333. The lowest BCUT2D eigenvalue weighted by molar-refractivity contribution is -0.124. The van der Waals surface area contributed by atoms with Crippen LogP contribution in [-0.2, 0) is 11.4 Å². The van der Waals surface area contributed by atoms with Crippen molar-refractivity contribution in [1.82, 2.24) is 10.2 Å². The van der Waals surface area contributed by atoms with Crippen molar-refractivity contribution in [2.75, 3.05) is 0 Å². The number of halogens is 1. The van der Waals surface area contributed by atoms with Crippen LogP contribution < -0.4 is 10.1 Å². The molecule has 0 bridgehead atoms. The Morgan fingerprint density at radius 1 is 1.10 bits per heavy atom. The van der Waals surface area contributed by atoms with Gasteiger partial charge >= 0.3 is 6.03 Å². The Hall–Kier alpha value is -2.60. The maximum absolute atomic E-state index is 12.9. The van der Waals surface area contributed by atoms with Gasteiger partial charge in [-0.2, -0.15) is 0 Å². The lowest BCUT2D eigenvalue weighted by Crippen LogP contribution is -2.41. The van der Waals surface area contributed by atoms with Gasteiger partial charge in [0.05, 0.1) is 0 Å². The Morgan fingerprint density at radius 2 is 1.83 bits per heavy atom. The normalized spacial score (nSPS) is 18.7. The number of imide groups is 1. The first-order chi connectivity index (χ1) is 14.5. The molecule has 1 heterocycles. The number of aryl methyl sites for hydroxylation is 1. The first kappa shape index (κ1) is 20.7. The summed E-state index contributed by atoms with van der Waals surface area (Å²) in [5, 5.41) is 2.75. The summed E-state index contributed by atoms with van der Waals surface area (Å²) in [4.78, 5) is 26.8. The third-order valence-electron chi connectivity index (χ3n) is 5.64. The molecule has 1 saturated carbocycles. The summed E-state index contributed by atoms with van der Waals surface area (Å²) >= 11 is 3.48. The standard InChI is InChI=1S/C24H25BrN2O3/c1-16-7-9-17(10-8-16)15-30-22-12-11-19(25)13-18(22)14-21-23(28)27(24(29)26-21)20-5-3-2-4-6-20/h7-14,20H,2-6,15H2,1H3,(H,26,29)/b21-14-. The molecule has 6 heteroatoms. The Bertz CT molecular complexity index is 978. The molecule has 1 aliphatic heterocycles. The number of benzene rings is 2. The van der Waals surface area contributed by atoms with Crippen LogP contribution in [-0.4, -0.2) is 22.9 Å². The average molecular weight is 469 g/mol. The first-order valence-corrected chi connectivity index (χ1v) is 11.1. The number of urea groups is 1. The van der Waals surface area contributed by atoms with Crippen molar-refractivity contribution in [2.24, 2.45) is 0 Å². The molecule has 1 N–H and O–H groups in total. The second kappa shape index (κ2) is 9.04. The molecule has 0 spiro atoms. The van der Waals surface area contributed by atoms with Gasteiger partial charge in [-0.15, -0.1) is 0 Å². The smallest absolute Gasteiger partial charge is 0.329 e. The van der Waals surface area contributed by atoms with E-state index in [0.717, 1.165) is 41.3 Å². The second-order valence-corrected chi connectivity index (χ2v) is 8.83. The number of hydrogen-bond acceptors (Lipinski definition) is 3. The Balaban J connectivity index is 1.55. The van der Waals surface area contributed by atoms with E-state index < -0.39 is 0 Å². The van der Waals surface area contributed by atoms with Crippen LogP contribution in [0.25, 0.3) is 6.08 Å². The van der Waals surface area contributed by atoms with Gasteiger partial charge in [0, 0.05) is 16.1 Å². The third kappa shape index (κ3) is 4.59. The highest BCUT2D eigenvalue weighted by Crippen LogP contribution is 2.30. The maximum Gasteiger partial charge on any atom is 0.329 e. The van der Waals surface area contributed by atoms with E-state index in [9.17, 15) is 9.59 Å². The minimum atomic E-state index is -0.324. The van der Waals surface area contributed by atoms with Gasteiger partial charge in [0.15, 0.2) is 0 Å². The lowest BCUT2D eigenvalue weighted by atomic mass is 9.94. The molecule has 1 saturated heterocycles. The molecule has 0 atom stereocenters. The van der Waals surface area contributed by atoms with Gasteiger partial charge in [0.1, 0.15) is 18.1 Å². The zero-order valence-corrected chi connectivity index (χ0v) is 18.6. The molecule has 0 unspecified atom stereocenters. The fourth-order valence-corrected chi connectivity index (χ4v) is 4.36. The molecule has 0 radical (unpaired) electrons. The molecule has 2 fully saturated rings. The van der Waals surface area contributed by atoms with Gasteiger partial charge in [-0.3, -0.25) is 9.69 Å². The predicted octanol–water partition coefficient (Wildman–Crippen LogP) is 5.56. The lowest BCUT2D eigenvalue weighted by Gasteiger charge is -2.28. The van der Waals surface area contributed by atoms with Crippen molar-refractivity contribution in [3.63, 3.8) is 0 Å².